The maximum atomic E-state index is 5.31. The van der Waals surface area contributed by atoms with E-state index in [0.29, 0.717) is 12.1 Å². The van der Waals surface area contributed by atoms with Crippen LogP contribution >= 0.6 is 20.2 Å². The molecule has 0 aromatic carbocycles. The Labute approximate surface area is 233 Å². The Morgan fingerprint density at radius 2 is 1.20 bits per heavy atom. The minimum Gasteiger partial charge on any atom is 0 e. The van der Waals surface area contributed by atoms with Crippen molar-refractivity contribution >= 4 is 20.2 Å². The molecular weight excluding hydrogens is 520 g/mol. The van der Waals surface area contributed by atoms with Crippen molar-refractivity contribution in [3.63, 3.8) is 0 Å². The zero-order valence-electron chi connectivity index (χ0n) is 20.6. The number of hydrogen-bond donors (Lipinski definition) is 0. The van der Waals surface area contributed by atoms with Gasteiger partial charge in [0.25, 0.3) is 0 Å². The topological polar surface area (TPSA) is 69.3 Å². The molecule has 6 atom stereocenters. The number of aromatic nitrogens is 1. The molecule has 3 aliphatic rings. The van der Waals surface area contributed by atoms with E-state index in [-0.39, 0.29) is 43.0 Å². The van der Waals surface area contributed by atoms with Gasteiger partial charge in [-0.2, -0.15) is 37.3 Å². The van der Waals surface area contributed by atoms with E-state index in [4.69, 9.17) is 46.4 Å². The van der Waals surface area contributed by atoms with E-state index < -0.39 is 0 Å². The van der Waals surface area contributed by atoms with Crippen LogP contribution in [0.15, 0.2) is 43.5 Å². The molecule has 205 valence electrons. The number of hydrogen-bond acceptors (Lipinski definition) is 1. The molecule has 2 saturated carbocycles. The summed E-state index contributed by atoms with van der Waals surface area (Å²) in [6.45, 7) is 9.63. The van der Waals surface area contributed by atoms with Crippen molar-refractivity contribution in [1.82, 2.24) is 4.98 Å². The standard InChI is InChI=1S/C27H39N5.2ClH.Mn.4H2/c1-3-10-22-26-16-9-17-27(32-26)23(11-4-2)31-25-15-8-6-13-21(25)29-19-18-28-20-12-5-7-14-24(20)30-22;;;;;;;/h3-4,9,16-17,20-25H,1-2,5-8,10-15,18-19H2;2*1H;;4*1H/q-4;;;+2;;;;/p-2/t20-,21?,22+,23+,24-,25-;;;;;;;/m1......./s1. The second-order valence-corrected chi connectivity index (χ2v) is 11.5. The van der Waals surface area contributed by atoms with Gasteiger partial charge < -0.3 is 21.3 Å². The van der Waals surface area contributed by atoms with Crippen molar-refractivity contribution in [1.29, 1.82) is 0 Å². The molecule has 0 N–H and O–H groups in total. The third-order valence-corrected chi connectivity index (χ3v) is 7.21. The van der Waals surface area contributed by atoms with Crippen molar-refractivity contribution in [2.45, 2.75) is 100 Å². The minimum atomic E-state index is 0. The molecule has 1 unspecified atom stereocenters. The molecule has 2 aliphatic carbocycles. The van der Waals surface area contributed by atoms with Crippen LogP contribution in [0.4, 0.5) is 0 Å². The first-order valence-corrected chi connectivity index (χ1v) is 16.2. The molecule has 0 amide bonds. The van der Waals surface area contributed by atoms with Crippen molar-refractivity contribution in [3.8, 4) is 0 Å². The van der Waals surface area contributed by atoms with Crippen LogP contribution in [-0.4, -0.2) is 42.2 Å². The first-order valence-electron chi connectivity index (χ1n) is 13.0. The van der Waals surface area contributed by atoms with Crippen LogP contribution in [0.3, 0.4) is 0 Å². The quantitative estimate of drug-likeness (QED) is 0.264. The van der Waals surface area contributed by atoms with Gasteiger partial charge in [0.2, 0.25) is 0 Å². The Kier molecular flexibility index (Phi) is 13.7. The smallest absolute Gasteiger partial charge is 0 e. The molecule has 0 radical (unpaired) electrons. The van der Waals surface area contributed by atoms with E-state index >= 15 is 0 Å². The monoisotopic (exact) mass is 566 g/mol. The van der Waals surface area contributed by atoms with E-state index in [1.54, 1.807) is 0 Å². The fraction of sp³-hybridized carbons (Fsp3) is 0.667. The van der Waals surface area contributed by atoms with Crippen molar-refractivity contribution in [3.05, 3.63) is 76.2 Å². The van der Waals surface area contributed by atoms with E-state index in [9.17, 15) is 0 Å². The summed E-state index contributed by atoms with van der Waals surface area (Å²) in [5, 5.41) is 20.8. The van der Waals surface area contributed by atoms with Crippen molar-refractivity contribution < 1.29 is 18.8 Å². The molecule has 2 heterocycles. The summed E-state index contributed by atoms with van der Waals surface area (Å²) in [6, 6.07) is 7.64. The van der Waals surface area contributed by atoms with E-state index in [2.05, 4.69) is 31.4 Å². The number of rotatable bonds is 4. The third kappa shape index (κ3) is 9.12. The fourth-order valence-electron chi connectivity index (χ4n) is 5.54. The Balaban J connectivity index is 0. The molecule has 2 fully saturated rings. The fourth-order valence-corrected chi connectivity index (χ4v) is 5.54. The van der Waals surface area contributed by atoms with E-state index in [0.717, 1.165) is 63.0 Å². The summed E-state index contributed by atoms with van der Waals surface area (Å²) in [6.07, 6.45) is 15.1. The first-order chi connectivity index (χ1) is 17.2. The second kappa shape index (κ2) is 16.4. The summed E-state index contributed by atoms with van der Waals surface area (Å²) in [5.41, 5.74) is 2.08. The molecule has 0 saturated heterocycles. The maximum absolute atomic E-state index is 5.31. The Morgan fingerprint density at radius 3 is 1.60 bits per heavy atom. The Hall–Kier alpha value is -0.431. The Bertz CT molecular complexity index is 728. The zero-order chi connectivity index (χ0) is 24.9. The molecule has 4 rings (SSSR count). The summed E-state index contributed by atoms with van der Waals surface area (Å²) in [7, 11) is 9.59. The van der Waals surface area contributed by atoms with Gasteiger partial charge in [-0.1, -0.05) is 81.7 Å². The molecule has 1 aromatic heterocycles. The number of fused-ring (bicyclic) bond motifs is 4. The van der Waals surface area contributed by atoms with Crippen LogP contribution in [0.1, 0.15) is 93.4 Å². The van der Waals surface area contributed by atoms with Gasteiger partial charge in [0.15, 0.2) is 0 Å². The van der Waals surface area contributed by atoms with Crippen LogP contribution in [0, 0.1) is 0 Å². The van der Waals surface area contributed by atoms with Crippen LogP contribution in [-0.2, 0) is 13.1 Å². The zero-order valence-corrected chi connectivity index (χ0v) is 23.3. The van der Waals surface area contributed by atoms with Crippen LogP contribution < -0.4 is 0 Å². The summed E-state index contributed by atoms with van der Waals surface area (Å²) in [5.74, 6) is 0. The molecule has 8 heteroatoms. The molecule has 2 bridgehead atoms. The SMILES string of the molecule is C=CC[C@@H]1[N-][C@@H]2CCCCC2[N-]CC[N-][C@@H]2CCCC[C@H]2[N-][C@@H](CC=C)c2cccc1n2.[Cl][Mn][Cl].[HH].[HH].[HH].[HH]. The van der Waals surface area contributed by atoms with E-state index in [1.165, 1.54) is 25.7 Å². The second-order valence-electron chi connectivity index (χ2n) is 9.57. The first kappa shape index (κ1) is 29.1. The van der Waals surface area contributed by atoms with Gasteiger partial charge in [-0.15, -0.1) is 13.2 Å². The molecule has 35 heavy (non-hydrogen) atoms. The molecule has 1 aliphatic heterocycles. The average molecular weight is 568 g/mol. The van der Waals surface area contributed by atoms with Crippen LogP contribution in [0.2, 0.25) is 0 Å². The number of nitrogens with zero attached hydrogens (tertiary/aromatic N) is 5. The van der Waals surface area contributed by atoms with Gasteiger partial charge in [0, 0.05) is 17.1 Å². The molecule has 1 aromatic rings. The number of pyridine rings is 1. The summed E-state index contributed by atoms with van der Waals surface area (Å²) >= 11 is 0.00694. The van der Waals surface area contributed by atoms with Gasteiger partial charge in [-0.3, -0.25) is 4.98 Å². The van der Waals surface area contributed by atoms with Gasteiger partial charge >= 0.3 is 33.3 Å². The van der Waals surface area contributed by atoms with E-state index in [1.807, 2.05) is 12.2 Å². The molecular formula is C27H47Cl2MnN5-4. The Morgan fingerprint density at radius 1 is 0.800 bits per heavy atom. The largest absolute Gasteiger partial charge is 0 e. The third-order valence-electron chi connectivity index (χ3n) is 7.21. The predicted molar refractivity (Wildman–Crippen MR) is 155 cm³/mol. The summed E-state index contributed by atoms with van der Waals surface area (Å²) in [4.78, 5) is 5.11. The van der Waals surface area contributed by atoms with Gasteiger partial charge in [-0.05, 0) is 25.0 Å². The predicted octanol–water partition coefficient (Wildman–Crippen LogP) is 9.81. The van der Waals surface area contributed by atoms with Crippen LogP contribution in [0.25, 0.3) is 21.3 Å². The maximum Gasteiger partial charge on any atom is 0 e. The molecule has 5 nitrogen and oxygen atoms in total. The van der Waals surface area contributed by atoms with Crippen molar-refractivity contribution in [2.24, 2.45) is 0 Å². The van der Waals surface area contributed by atoms with Gasteiger partial charge in [0.1, 0.15) is 0 Å². The summed E-state index contributed by atoms with van der Waals surface area (Å²) < 4.78 is 0. The average Bonchev–Trinajstić information content (AvgIpc) is 2.88. The van der Waals surface area contributed by atoms with Gasteiger partial charge in [-0.25, -0.2) is 0 Å². The minimum absolute atomic E-state index is 0. The van der Waals surface area contributed by atoms with Crippen LogP contribution in [0.5, 0.6) is 0 Å². The number of halogens is 2. The van der Waals surface area contributed by atoms with Gasteiger partial charge in [0.05, 0.1) is 0 Å². The molecule has 0 spiro atoms. The van der Waals surface area contributed by atoms with Crippen molar-refractivity contribution in [2.75, 3.05) is 13.1 Å². The normalized spacial score (nSPS) is 31.8.